The maximum absolute atomic E-state index is 13.7. The predicted molar refractivity (Wildman–Crippen MR) is 151 cm³/mol. The molecule has 1 aromatic carbocycles. The Balaban J connectivity index is 1.15. The van der Waals surface area contributed by atoms with Crippen molar-refractivity contribution in [2.75, 3.05) is 26.2 Å². The predicted octanol–water partition coefficient (Wildman–Crippen LogP) is 3.39. The van der Waals surface area contributed by atoms with Gasteiger partial charge in [0.1, 0.15) is 11.3 Å². The van der Waals surface area contributed by atoms with Gasteiger partial charge in [0.15, 0.2) is 5.65 Å². The van der Waals surface area contributed by atoms with E-state index in [1.807, 2.05) is 58.6 Å². The molecular formula is C29H31N5O5S. The molecule has 2 atom stereocenters. The summed E-state index contributed by atoms with van der Waals surface area (Å²) in [6.07, 6.45) is 3.48. The van der Waals surface area contributed by atoms with Crippen LogP contribution in [-0.4, -0.2) is 77.9 Å². The molecule has 2 N–H and O–H groups in total. The zero-order valence-electron chi connectivity index (χ0n) is 21.9. The van der Waals surface area contributed by atoms with E-state index in [4.69, 9.17) is 0 Å². The van der Waals surface area contributed by atoms with Gasteiger partial charge >= 0.3 is 6.09 Å². The minimum absolute atomic E-state index is 0.00360. The topological polar surface area (TPSA) is 121 Å². The molecule has 2 aliphatic heterocycles. The van der Waals surface area contributed by atoms with E-state index in [-0.39, 0.29) is 36.4 Å². The average Bonchev–Trinajstić information content (AvgIpc) is 3.65. The fourth-order valence-electron chi connectivity index (χ4n) is 6.06. The number of aliphatic hydroxyl groups is 1. The Morgan fingerprint density at radius 1 is 1.02 bits per heavy atom. The Kier molecular flexibility index (Phi) is 6.93. The Morgan fingerprint density at radius 3 is 2.50 bits per heavy atom. The number of aromatic nitrogens is 3. The number of carbonyl (C=O) groups excluding carboxylic acids is 1. The number of likely N-dealkylation sites (tertiary alicyclic amines) is 2. The van der Waals surface area contributed by atoms with Crippen LogP contribution in [0.3, 0.4) is 0 Å². The van der Waals surface area contributed by atoms with Crippen LogP contribution in [0.2, 0.25) is 0 Å². The highest BCUT2D eigenvalue weighted by molar-refractivity contribution is 7.12. The van der Waals surface area contributed by atoms with Crippen LogP contribution < -0.4 is 5.56 Å². The summed E-state index contributed by atoms with van der Waals surface area (Å²) in [6, 6.07) is 15.3. The highest BCUT2D eigenvalue weighted by Gasteiger charge is 2.41. The molecule has 0 bridgehead atoms. The second kappa shape index (κ2) is 10.5. The minimum atomic E-state index is -1.14. The van der Waals surface area contributed by atoms with Crippen LogP contribution in [0.15, 0.2) is 71.2 Å². The van der Waals surface area contributed by atoms with Crippen molar-refractivity contribution in [2.24, 2.45) is 5.92 Å². The van der Waals surface area contributed by atoms with Crippen LogP contribution in [0.4, 0.5) is 4.79 Å². The first kappa shape index (κ1) is 26.3. The van der Waals surface area contributed by atoms with Gasteiger partial charge in [0.2, 0.25) is 5.91 Å². The third-order valence-electron chi connectivity index (χ3n) is 8.31. The highest BCUT2D eigenvalue weighted by atomic mass is 32.1. The van der Waals surface area contributed by atoms with Gasteiger partial charge in [-0.3, -0.25) is 18.7 Å². The molecule has 4 aromatic rings. The number of thiophene rings is 1. The summed E-state index contributed by atoms with van der Waals surface area (Å²) in [5.74, 6) is -0.556. The van der Waals surface area contributed by atoms with E-state index in [0.29, 0.717) is 49.9 Å². The molecule has 3 aromatic heterocycles. The summed E-state index contributed by atoms with van der Waals surface area (Å²) in [4.78, 5) is 46.3. The van der Waals surface area contributed by atoms with Gasteiger partial charge in [-0.15, -0.1) is 11.3 Å². The number of hydrogen-bond donors (Lipinski definition) is 2. The van der Waals surface area contributed by atoms with E-state index in [0.717, 1.165) is 10.6 Å². The van der Waals surface area contributed by atoms with Gasteiger partial charge in [0, 0.05) is 44.2 Å². The number of carbonyl (C=O) groups is 2. The van der Waals surface area contributed by atoms with Crippen LogP contribution in [0, 0.1) is 5.92 Å². The smallest absolute Gasteiger partial charge is 0.407 e. The van der Waals surface area contributed by atoms with E-state index >= 15 is 0 Å². The molecule has 0 spiro atoms. The van der Waals surface area contributed by atoms with Gasteiger partial charge in [-0.05, 0) is 48.4 Å². The van der Waals surface area contributed by atoms with Gasteiger partial charge < -0.3 is 20.0 Å². The zero-order valence-corrected chi connectivity index (χ0v) is 22.7. The molecule has 2 saturated heterocycles. The SMILES string of the molecule is O=C(O)N1CC[C@@H](C(=O)N2CCC(O)(Cn3cnc4c(ccn4-c4cccs4)c3=O)CC2)[C@H](c2ccccc2)C1. The molecule has 0 unspecified atom stereocenters. The first-order chi connectivity index (χ1) is 19.3. The Morgan fingerprint density at radius 2 is 1.80 bits per heavy atom. The molecular weight excluding hydrogens is 530 g/mol. The van der Waals surface area contributed by atoms with Gasteiger partial charge in [-0.1, -0.05) is 30.3 Å². The zero-order chi connectivity index (χ0) is 27.9. The highest BCUT2D eigenvalue weighted by Crippen LogP contribution is 2.35. The number of rotatable bonds is 5. The summed E-state index contributed by atoms with van der Waals surface area (Å²) in [5.41, 5.74) is 0.189. The fourth-order valence-corrected chi connectivity index (χ4v) is 6.78. The molecule has 5 heterocycles. The lowest BCUT2D eigenvalue weighted by Gasteiger charge is -2.42. The third-order valence-corrected chi connectivity index (χ3v) is 9.18. The first-order valence-electron chi connectivity index (χ1n) is 13.5. The molecule has 0 aliphatic carbocycles. The first-order valence-corrected chi connectivity index (χ1v) is 14.4. The lowest BCUT2D eigenvalue weighted by Crippen LogP contribution is -2.53. The van der Waals surface area contributed by atoms with Crippen molar-refractivity contribution in [3.8, 4) is 5.00 Å². The fraction of sp³-hybridized carbons (Fsp3) is 0.379. The molecule has 208 valence electrons. The van der Waals surface area contributed by atoms with Crippen molar-refractivity contribution in [2.45, 2.75) is 37.3 Å². The molecule has 10 nitrogen and oxygen atoms in total. The van der Waals surface area contributed by atoms with E-state index in [1.54, 1.807) is 22.3 Å². The maximum Gasteiger partial charge on any atom is 0.407 e. The summed E-state index contributed by atoms with van der Waals surface area (Å²) >= 11 is 1.56. The number of fused-ring (bicyclic) bond motifs is 1. The number of benzene rings is 1. The normalized spacial score (nSPS) is 21.0. The molecule has 2 amide bonds. The molecule has 2 fully saturated rings. The van der Waals surface area contributed by atoms with Crippen LogP contribution in [0.25, 0.3) is 16.0 Å². The van der Waals surface area contributed by atoms with Gasteiger partial charge in [0.25, 0.3) is 5.56 Å². The number of carboxylic acid groups (broad SMARTS) is 1. The number of piperidine rings is 2. The largest absolute Gasteiger partial charge is 0.465 e. The lowest BCUT2D eigenvalue weighted by atomic mass is 9.79. The number of amides is 2. The van der Waals surface area contributed by atoms with E-state index < -0.39 is 11.7 Å². The van der Waals surface area contributed by atoms with Crippen LogP contribution in [0.5, 0.6) is 0 Å². The molecule has 0 radical (unpaired) electrons. The molecule has 11 heteroatoms. The van der Waals surface area contributed by atoms with Crippen molar-refractivity contribution in [3.05, 3.63) is 82.4 Å². The van der Waals surface area contributed by atoms with Crippen LogP contribution >= 0.6 is 11.3 Å². The van der Waals surface area contributed by atoms with Crippen molar-refractivity contribution in [1.82, 2.24) is 23.9 Å². The van der Waals surface area contributed by atoms with E-state index in [9.17, 15) is 24.6 Å². The van der Waals surface area contributed by atoms with Crippen molar-refractivity contribution in [1.29, 1.82) is 0 Å². The number of nitrogens with zero attached hydrogens (tertiary/aromatic N) is 5. The quantitative estimate of drug-likeness (QED) is 0.385. The summed E-state index contributed by atoms with van der Waals surface area (Å²) in [6.45, 7) is 1.44. The van der Waals surface area contributed by atoms with Gasteiger partial charge in [-0.25, -0.2) is 9.78 Å². The molecule has 6 rings (SSSR count). The van der Waals surface area contributed by atoms with E-state index in [1.165, 1.54) is 15.8 Å². The second-order valence-corrected chi connectivity index (χ2v) is 11.7. The summed E-state index contributed by atoms with van der Waals surface area (Å²) in [5, 5.41) is 24.4. The van der Waals surface area contributed by atoms with Crippen LogP contribution in [-0.2, 0) is 11.3 Å². The second-order valence-electron chi connectivity index (χ2n) is 10.7. The standard InChI is InChI=1S/C29H31N5O5S/c35-26(21-8-12-32(28(37)38)17-23(21)20-5-2-1-3-6-20)31-14-10-29(39,11-15-31)18-33-19-30-25-22(27(33)36)9-13-34(25)24-7-4-16-40-24/h1-7,9,13,16,19,21,23,39H,8,10-12,14-15,17-18H2,(H,37,38)/t21-,23+/m1/s1. The van der Waals surface area contributed by atoms with Gasteiger partial charge in [-0.2, -0.15) is 0 Å². The molecule has 2 aliphatic rings. The Bertz CT molecular complexity index is 1570. The average molecular weight is 562 g/mol. The third kappa shape index (κ3) is 4.90. The minimum Gasteiger partial charge on any atom is -0.465 e. The monoisotopic (exact) mass is 561 g/mol. The summed E-state index contributed by atoms with van der Waals surface area (Å²) < 4.78 is 3.35. The molecule has 40 heavy (non-hydrogen) atoms. The molecule has 0 saturated carbocycles. The lowest BCUT2D eigenvalue weighted by molar-refractivity contribution is -0.142. The van der Waals surface area contributed by atoms with Gasteiger partial charge in [0.05, 0.1) is 17.5 Å². The van der Waals surface area contributed by atoms with E-state index in [2.05, 4.69) is 4.98 Å². The Labute approximate surface area is 234 Å². The Hall–Kier alpha value is -3.96. The summed E-state index contributed by atoms with van der Waals surface area (Å²) in [7, 11) is 0. The number of hydrogen-bond acceptors (Lipinski definition) is 6. The maximum atomic E-state index is 13.7. The van der Waals surface area contributed by atoms with Crippen molar-refractivity contribution < 1.29 is 19.8 Å². The van der Waals surface area contributed by atoms with Crippen molar-refractivity contribution in [3.63, 3.8) is 0 Å². The van der Waals surface area contributed by atoms with Crippen molar-refractivity contribution >= 4 is 34.4 Å². The van der Waals surface area contributed by atoms with Crippen LogP contribution in [0.1, 0.15) is 30.7 Å².